The van der Waals surface area contributed by atoms with Crippen LogP contribution in [0.25, 0.3) is 11.3 Å². The van der Waals surface area contributed by atoms with Gasteiger partial charge in [0.05, 0.1) is 29.1 Å². The van der Waals surface area contributed by atoms with Crippen LogP contribution in [-0.4, -0.2) is 32.1 Å². The lowest BCUT2D eigenvalue weighted by Crippen LogP contribution is -2.17. The van der Waals surface area contributed by atoms with E-state index in [2.05, 4.69) is 16.5 Å². The van der Waals surface area contributed by atoms with E-state index >= 15 is 0 Å². The Morgan fingerprint density at radius 1 is 1.20 bits per heavy atom. The van der Waals surface area contributed by atoms with E-state index in [9.17, 15) is 4.39 Å². The van der Waals surface area contributed by atoms with Crippen LogP contribution >= 0.6 is 0 Å². The number of aromatic nitrogens is 4. The molecule has 1 aliphatic heterocycles. The molecule has 4 heterocycles. The fourth-order valence-corrected chi connectivity index (χ4v) is 4.01. The molecular formula is C23H24FN5O. The van der Waals surface area contributed by atoms with E-state index in [0.717, 1.165) is 55.2 Å². The van der Waals surface area contributed by atoms with Crippen molar-refractivity contribution in [2.24, 2.45) is 5.92 Å². The number of imidazole rings is 2. The fraction of sp³-hybridized carbons (Fsp3) is 0.304. The van der Waals surface area contributed by atoms with Crippen LogP contribution in [0.2, 0.25) is 0 Å². The number of aryl methyl sites for hydroxylation is 1. The Bertz CT molecular complexity index is 1180. The third-order valence-electron chi connectivity index (χ3n) is 5.59. The number of fused-ring (bicyclic) bond motifs is 1. The van der Waals surface area contributed by atoms with E-state index in [4.69, 9.17) is 9.72 Å². The molecule has 0 atom stereocenters. The fourth-order valence-electron chi connectivity index (χ4n) is 4.01. The molecular weight excluding hydrogens is 381 g/mol. The van der Waals surface area contributed by atoms with Crippen molar-refractivity contribution in [3.8, 4) is 5.69 Å². The van der Waals surface area contributed by atoms with Crippen molar-refractivity contribution in [1.82, 2.24) is 18.9 Å². The molecule has 1 aromatic carbocycles. The second-order valence-corrected chi connectivity index (χ2v) is 7.86. The van der Waals surface area contributed by atoms with Crippen LogP contribution < -0.4 is 5.32 Å². The predicted molar refractivity (Wildman–Crippen MR) is 114 cm³/mol. The molecule has 1 fully saturated rings. The average molecular weight is 405 g/mol. The molecule has 0 unspecified atom stereocenters. The summed E-state index contributed by atoms with van der Waals surface area (Å²) in [5.41, 5.74) is 4.76. The minimum atomic E-state index is -0.312. The van der Waals surface area contributed by atoms with Gasteiger partial charge < -0.3 is 19.0 Å². The van der Waals surface area contributed by atoms with E-state index in [1.54, 1.807) is 23.2 Å². The summed E-state index contributed by atoms with van der Waals surface area (Å²) in [6.45, 7) is 3.56. The maximum absolute atomic E-state index is 14.7. The number of halogens is 1. The Morgan fingerprint density at radius 2 is 2.07 bits per heavy atom. The number of anilines is 2. The van der Waals surface area contributed by atoms with E-state index in [1.165, 1.54) is 6.07 Å². The molecule has 4 aromatic rings. The molecule has 6 nitrogen and oxygen atoms in total. The van der Waals surface area contributed by atoms with Crippen molar-refractivity contribution < 1.29 is 9.13 Å². The maximum Gasteiger partial charge on any atom is 0.160 e. The van der Waals surface area contributed by atoms with Crippen molar-refractivity contribution in [2.45, 2.75) is 26.2 Å². The summed E-state index contributed by atoms with van der Waals surface area (Å²) in [6.07, 6.45) is 10.6. The van der Waals surface area contributed by atoms with Crippen LogP contribution in [0.3, 0.4) is 0 Å². The molecule has 0 radical (unpaired) electrons. The number of ether oxygens (including phenoxy) is 1. The molecule has 0 aliphatic carbocycles. The highest BCUT2D eigenvalue weighted by molar-refractivity contribution is 5.74. The Morgan fingerprint density at radius 3 is 2.83 bits per heavy atom. The minimum absolute atomic E-state index is 0.312. The van der Waals surface area contributed by atoms with Crippen molar-refractivity contribution in [3.63, 3.8) is 0 Å². The minimum Gasteiger partial charge on any atom is -0.381 e. The normalized spacial score (nSPS) is 15.0. The van der Waals surface area contributed by atoms with E-state index in [0.29, 0.717) is 17.3 Å². The summed E-state index contributed by atoms with van der Waals surface area (Å²) >= 11 is 0. The predicted octanol–water partition coefficient (Wildman–Crippen LogP) is 4.68. The van der Waals surface area contributed by atoms with Gasteiger partial charge in [-0.2, -0.15) is 0 Å². The highest BCUT2D eigenvalue weighted by atomic mass is 19.1. The zero-order valence-electron chi connectivity index (χ0n) is 16.9. The van der Waals surface area contributed by atoms with E-state index < -0.39 is 0 Å². The lowest BCUT2D eigenvalue weighted by molar-refractivity contribution is 0.0663. The zero-order chi connectivity index (χ0) is 20.5. The largest absolute Gasteiger partial charge is 0.381 e. The van der Waals surface area contributed by atoms with Gasteiger partial charge in [-0.3, -0.25) is 0 Å². The van der Waals surface area contributed by atoms with Crippen molar-refractivity contribution in [1.29, 1.82) is 0 Å². The second kappa shape index (κ2) is 7.91. The first-order valence-corrected chi connectivity index (χ1v) is 10.3. The summed E-state index contributed by atoms with van der Waals surface area (Å²) in [5, 5.41) is 3.32. The highest BCUT2D eigenvalue weighted by Gasteiger charge is 2.17. The van der Waals surface area contributed by atoms with Crippen LogP contribution in [0.15, 0.2) is 55.2 Å². The monoisotopic (exact) mass is 405 g/mol. The molecule has 1 aliphatic rings. The van der Waals surface area contributed by atoms with E-state index in [1.807, 2.05) is 35.7 Å². The summed E-state index contributed by atoms with van der Waals surface area (Å²) in [5.74, 6) is 0.307. The molecule has 0 bridgehead atoms. The summed E-state index contributed by atoms with van der Waals surface area (Å²) < 4.78 is 23.9. The van der Waals surface area contributed by atoms with Crippen LogP contribution in [0.4, 0.5) is 15.8 Å². The van der Waals surface area contributed by atoms with Crippen LogP contribution in [-0.2, 0) is 11.2 Å². The molecule has 30 heavy (non-hydrogen) atoms. The van der Waals surface area contributed by atoms with Crippen LogP contribution in [0.1, 0.15) is 24.2 Å². The van der Waals surface area contributed by atoms with E-state index in [-0.39, 0.29) is 5.82 Å². The van der Waals surface area contributed by atoms with Crippen molar-refractivity contribution in [2.75, 3.05) is 18.5 Å². The van der Waals surface area contributed by atoms with Crippen LogP contribution in [0, 0.1) is 18.7 Å². The summed E-state index contributed by atoms with van der Waals surface area (Å²) in [4.78, 5) is 9.01. The van der Waals surface area contributed by atoms with Gasteiger partial charge in [-0.25, -0.2) is 14.4 Å². The number of pyridine rings is 1. The average Bonchev–Trinajstić information content (AvgIpc) is 3.35. The molecule has 154 valence electrons. The Balaban J connectivity index is 1.39. The molecule has 0 amide bonds. The van der Waals surface area contributed by atoms with Crippen molar-refractivity contribution >= 4 is 17.0 Å². The van der Waals surface area contributed by atoms with Gasteiger partial charge in [0, 0.05) is 37.5 Å². The van der Waals surface area contributed by atoms with Gasteiger partial charge in [-0.05, 0) is 62.4 Å². The van der Waals surface area contributed by atoms with Gasteiger partial charge in [-0.15, -0.1) is 0 Å². The van der Waals surface area contributed by atoms with Gasteiger partial charge in [-0.1, -0.05) is 0 Å². The van der Waals surface area contributed by atoms with Gasteiger partial charge in [0.2, 0.25) is 0 Å². The van der Waals surface area contributed by atoms with Gasteiger partial charge >= 0.3 is 0 Å². The standard InChI is InChI=1S/C23H24FN5O/c1-16-13-29(15-25-16)22-5-4-18(12-20(22)24)26-21-3-2-8-28-14-19(27-23(21)28)11-17-6-9-30-10-7-17/h2-5,8,12-15,17,26H,6-7,9-11H2,1H3. The molecule has 0 saturated carbocycles. The quantitative estimate of drug-likeness (QED) is 0.524. The first kappa shape index (κ1) is 18.8. The SMILES string of the molecule is Cc1cn(-c2ccc(Nc3cccn4cc(CC5CCOCC5)nc34)cc2F)cn1. The number of hydrogen-bond donors (Lipinski definition) is 1. The Hall–Kier alpha value is -3.19. The molecule has 3 aromatic heterocycles. The van der Waals surface area contributed by atoms with Crippen LogP contribution in [0.5, 0.6) is 0 Å². The van der Waals surface area contributed by atoms with Gasteiger partial charge in [0.25, 0.3) is 0 Å². The molecule has 5 rings (SSSR count). The first-order valence-electron chi connectivity index (χ1n) is 10.3. The lowest BCUT2D eigenvalue weighted by Gasteiger charge is -2.20. The number of benzene rings is 1. The maximum atomic E-state index is 14.7. The zero-order valence-corrected chi connectivity index (χ0v) is 16.9. The Labute approximate surface area is 174 Å². The third kappa shape index (κ3) is 3.80. The third-order valence-corrected chi connectivity index (χ3v) is 5.59. The molecule has 1 saturated heterocycles. The van der Waals surface area contributed by atoms with Gasteiger partial charge in [0.1, 0.15) is 5.82 Å². The second-order valence-electron chi connectivity index (χ2n) is 7.86. The number of hydrogen-bond acceptors (Lipinski definition) is 4. The number of nitrogens with zero attached hydrogens (tertiary/aromatic N) is 4. The molecule has 1 N–H and O–H groups in total. The van der Waals surface area contributed by atoms with Gasteiger partial charge in [0.15, 0.2) is 5.65 Å². The first-order chi connectivity index (χ1) is 14.7. The smallest absolute Gasteiger partial charge is 0.160 e. The summed E-state index contributed by atoms with van der Waals surface area (Å²) in [7, 11) is 0. The molecule has 0 spiro atoms. The lowest BCUT2D eigenvalue weighted by atomic mass is 9.95. The number of nitrogens with one attached hydrogen (secondary N) is 1. The topological polar surface area (TPSA) is 56.4 Å². The summed E-state index contributed by atoms with van der Waals surface area (Å²) in [6, 6.07) is 9.05. The Kier molecular flexibility index (Phi) is 4.96. The highest BCUT2D eigenvalue weighted by Crippen LogP contribution is 2.26. The molecule has 7 heteroatoms. The number of rotatable bonds is 5. The van der Waals surface area contributed by atoms with Crippen molar-refractivity contribution in [3.05, 3.63) is 72.5 Å².